The van der Waals surface area contributed by atoms with Crippen LogP contribution >= 0.6 is 27.5 Å². The molecule has 0 bridgehead atoms. The van der Waals surface area contributed by atoms with Crippen LogP contribution in [0.3, 0.4) is 0 Å². The summed E-state index contributed by atoms with van der Waals surface area (Å²) in [4.78, 5) is 8.99. The van der Waals surface area contributed by atoms with Crippen molar-refractivity contribution < 1.29 is 4.39 Å². The predicted octanol–water partition coefficient (Wildman–Crippen LogP) is 5.28. The van der Waals surface area contributed by atoms with E-state index >= 15 is 0 Å². The molecule has 0 amide bonds. The van der Waals surface area contributed by atoms with Gasteiger partial charge in [0.15, 0.2) is 0 Å². The summed E-state index contributed by atoms with van der Waals surface area (Å²) in [5, 5.41) is 0.443. The largest absolute Gasteiger partial charge is 0.236 e. The second-order valence-electron chi connectivity index (χ2n) is 5.42. The quantitative estimate of drug-likeness (QED) is 0.688. The van der Waals surface area contributed by atoms with Crippen LogP contribution in [0, 0.1) is 5.82 Å². The van der Waals surface area contributed by atoms with E-state index in [2.05, 4.69) is 25.9 Å². The molecule has 1 aliphatic rings. The average Bonchev–Trinajstić information content (AvgIpc) is 2.96. The Morgan fingerprint density at radius 3 is 2.71 bits per heavy atom. The lowest BCUT2D eigenvalue weighted by molar-refractivity contribution is 0.625. The van der Waals surface area contributed by atoms with Gasteiger partial charge in [-0.1, -0.05) is 36.6 Å². The summed E-state index contributed by atoms with van der Waals surface area (Å²) in [6, 6.07) is 6.51. The van der Waals surface area contributed by atoms with Crippen molar-refractivity contribution in [1.29, 1.82) is 0 Å². The van der Waals surface area contributed by atoms with Crippen molar-refractivity contribution in [2.75, 3.05) is 0 Å². The second-order valence-corrected chi connectivity index (χ2v) is 6.57. The van der Waals surface area contributed by atoms with Crippen LogP contribution in [-0.4, -0.2) is 9.97 Å². The van der Waals surface area contributed by atoms with Crippen molar-refractivity contribution >= 4 is 27.5 Å². The zero-order valence-electron chi connectivity index (χ0n) is 11.5. The third-order valence-electron chi connectivity index (χ3n) is 3.88. The van der Waals surface area contributed by atoms with Gasteiger partial charge in [0, 0.05) is 12.3 Å². The predicted molar refractivity (Wildman–Crippen MR) is 85.2 cm³/mol. The molecule has 0 radical (unpaired) electrons. The van der Waals surface area contributed by atoms with Gasteiger partial charge in [-0.25, -0.2) is 14.4 Å². The average molecular weight is 370 g/mol. The first-order chi connectivity index (χ1) is 10.1. The number of aromatic nitrogens is 2. The fourth-order valence-corrected chi connectivity index (χ4v) is 3.55. The van der Waals surface area contributed by atoms with E-state index in [1.165, 1.54) is 25.0 Å². The standard InChI is InChI=1S/C16H15BrClFN2/c17-14-15(11-5-1-2-6-11)20-13(21-16(14)18)9-10-4-3-7-12(19)8-10/h3-4,7-8,11H,1-2,5-6,9H2. The van der Waals surface area contributed by atoms with E-state index in [1.807, 2.05) is 6.07 Å². The summed E-state index contributed by atoms with van der Waals surface area (Å²) >= 11 is 9.73. The van der Waals surface area contributed by atoms with Gasteiger partial charge in [-0.15, -0.1) is 0 Å². The van der Waals surface area contributed by atoms with Crippen molar-refractivity contribution in [3.05, 3.63) is 56.8 Å². The fraction of sp³-hybridized carbons (Fsp3) is 0.375. The Kier molecular flexibility index (Phi) is 4.55. The summed E-state index contributed by atoms with van der Waals surface area (Å²) in [6.45, 7) is 0. The minimum Gasteiger partial charge on any atom is -0.236 e. The van der Waals surface area contributed by atoms with Crippen LogP contribution in [0.2, 0.25) is 5.15 Å². The molecule has 0 saturated heterocycles. The van der Waals surface area contributed by atoms with E-state index in [1.54, 1.807) is 6.07 Å². The zero-order valence-corrected chi connectivity index (χ0v) is 13.8. The van der Waals surface area contributed by atoms with Crippen LogP contribution in [0.4, 0.5) is 4.39 Å². The highest BCUT2D eigenvalue weighted by Crippen LogP contribution is 2.38. The maximum atomic E-state index is 13.3. The zero-order chi connectivity index (χ0) is 14.8. The third-order valence-corrected chi connectivity index (χ3v) is 5.16. The number of rotatable bonds is 3. The number of benzene rings is 1. The van der Waals surface area contributed by atoms with Crippen molar-refractivity contribution in [3.63, 3.8) is 0 Å². The third kappa shape index (κ3) is 3.43. The molecule has 110 valence electrons. The normalized spacial score (nSPS) is 15.6. The van der Waals surface area contributed by atoms with Gasteiger partial charge in [0.05, 0.1) is 10.2 Å². The Bertz CT molecular complexity index is 657. The molecular weight excluding hydrogens is 355 g/mol. The van der Waals surface area contributed by atoms with E-state index in [-0.39, 0.29) is 5.82 Å². The number of nitrogens with zero attached hydrogens (tertiary/aromatic N) is 2. The highest BCUT2D eigenvalue weighted by molar-refractivity contribution is 9.10. The molecule has 1 aromatic heterocycles. The molecule has 0 aliphatic heterocycles. The molecule has 1 fully saturated rings. The Hall–Kier alpha value is -1.00. The van der Waals surface area contributed by atoms with Gasteiger partial charge in [-0.05, 0) is 46.5 Å². The molecule has 3 rings (SSSR count). The fourth-order valence-electron chi connectivity index (χ4n) is 2.86. The van der Waals surface area contributed by atoms with Crippen molar-refractivity contribution in [3.8, 4) is 0 Å². The molecule has 1 aromatic carbocycles. The molecule has 0 atom stereocenters. The maximum Gasteiger partial charge on any atom is 0.147 e. The Balaban J connectivity index is 1.92. The minimum absolute atomic E-state index is 0.244. The van der Waals surface area contributed by atoms with E-state index in [4.69, 9.17) is 11.6 Å². The van der Waals surface area contributed by atoms with Crippen molar-refractivity contribution in [1.82, 2.24) is 9.97 Å². The SMILES string of the molecule is Fc1cccc(Cc2nc(Cl)c(Br)c(C3CCCC3)n2)c1. The second kappa shape index (κ2) is 6.41. The molecule has 0 spiro atoms. The van der Waals surface area contributed by atoms with E-state index in [0.717, 1.165) is 28.6 Å². The summed E-state index contributed by atoms with van der Waals surface area (Å²) in [6.07, 6.45) is 5.25. The van der Waals surface area contributed by atoms with Crippen LogP contribution in [-0.2, 0) is 6.42 Å². The first kappa shape index (κ1) is 14.9. The van der Waals surface area contributed by atoms with Gasteiger partial charge >= 0.3 is 0 Å². The summed E-state index contributed by atoms with van der Waals surface area (Å²) < 4.78 is 14.1. The van der Waals surface area contributed by atoms with Crippen LogP contribution in [0.1, 0.15) is 48.7 Å². The Morgan fingerprint density at radius 2 is 2.00 bits per heavy atom. The summed E-state index contributed by atoms with van der Waals surface area (Å²) in [5.41, 5.74) is 1.85. The van der Waals surface area contributed by atoms with E-state index in [9.17, 15) is 4.39 Å². The smallest absolute Gasteiger partial charge is 0.147 e. The number of hydrogen-bond acceptors (Lipinski definition) is 2. The molecule has 5 heteroatoms. The van der Waals surface area contributed by atoms with Gasteiger partial charge in [0.2, 0.25) is 0 Å². The molecular formula is C16H15BrClFN2. The maximum absolute atomic E-state index is 13.3. The van der Waals surface area contributed by atoms with Gasteiger partial charge in [-0.2, -0.15) is 0 Å². The molecule has 0 N–H and O–H groups in total. The monoisotopic (exact) mass is 368 g/mol. The molecule has 1 saturated carbocycles. The van der Waals surface area contributed by atoms with Crippen LogP contribution in [0.15, 0.2) is 28.7 Å². The summed E-state index contributed by atoms with van der Waals surface area (Å²) in [5.74, 6) is 0.855. The Labute approximate surface area is 136 Å². The lowest BCUT2D eigenvalue weighted by atomic mass is 10.0. The molecule has 1 aliphatic carbocycles. The first-order valence-corrected chi connectivity index (χ1v) is 8.27. The molecule has 0 unspecified atom stereocenters. The van der Waals surface area contributed by atoms with Crippen LogP contribution in [0.25, 0.3) is 0 Å². The van der Waals surface area contributed by atoms with Crippen molar-refractivity contribution in [2.45, 2.75) is 38.0 Å². The molecule has 2 nitrogen and oxygen atoms in total. The van der Waals surface area contributed by atoms with E-state index in [0.29, 0.717) is 23.3 Å². The lowest BCUT2D eigenvalue weighted by Crippen LogP contribution is -2.06. The van der Waals surface area contributed by atoms with Gasteiger partial charge in [0.1, 0.15) is 16.8 Å². The van der Waals surface area contributed by atoms with Crippen LogP contribution < -0.4 is 0 Å². The number of halogens is 3. The minimum atomic E-state index is -0.244. The lowest BCUT2D eigenvalue weighted by Gasteiger charge is -2.13. The van der Waals surface area contributed by atoms with Gasteiger partial charge in [-0.3, -0.25) is 0 Å². The number of hydrogen-bond donors (Lipinski definition) is 0. The topological polar surface area (TPSA) is 25.8 Å². The first-order valence-electron chi connectivity index (χ1n) is 7.10. The Morgan fingerprint density at radius 1 is 1.24 bits per heavy atom. The highest BCUT2D eigenvalue weighted by Gasteiger charge is 2.23. The highest BCUT2D eigenvalue weighted by atomic mass is 79.9. The summed E-state index contributed by atoms with van der Waals surface area (Å²) in [7, 11) is 0. The van der Waals surface area contributed by atoms with Crippen molar-refractivity contribution in [2.24, 2.45) is 0 Å². The molecule has 21 heavy (non-hydrogen) atoms. The van der Waals surface area contributed by atoms with E-state index < -0.39 is 0 Å². The molecule has 2 aromatic rings. The molecule has 1 heterocycles. The van der Waals surface area contributed by atoms with Gasteiger partial charge < -0.3 is 0 Å². The van der Waals surface area contributed by atoms with Crippen LogP contribution in [0.5, 0.6) is 0 Å². The van der Waals surface area contributed by atoms with Gasteiger partial charge in [0.25, 0.3) is 0 Å².